The molecule has 0 saturated heterocycles. The lowest BCUT2D eigenvalue weighted by molar-refractivity contribution is -0.147. The second kappa shape index (κ2) is 46.2. The van der Waals surface area contributed by atoms with E-state index >= 15 is 0 Å². The fourth-order valence-corrected chi connectivity index (χ4v) is 7.23. The molecule has 3 N–H and O–H groups in total. The van der Waals surface area contributed by atoms with Crippen molar-refractivity contribution in [2.45, 2.75) is 219 Å². The molecule has 0 rings (SSSR count). The Labute approximate surface area is 368 Å². The summed E-state index contributed by atoms with van der Waals surface area (Å²) in [6.07, 6.45) is 55.8. The van der Waals surface area contributed by atoms with Crippen molar-refractivity contribution in [3.8, 4) is 0 Å². The van der Waals surface area contributed by atoms with Gasteiger partial charge in [-0.1, -0.05) is 177 Å². The number of carbonyl (C=O) groups excluding carboxylic acids is 2. The summed E-state index contributed by atoms with van der Waals surface area (Å²) in [6.45, 7) is 3.51. The third-order valence-electron chi connectivity index (χ3n) is 10.2. The van der Waals surface area contributed by atoms with Crippen molar-refractivity contribution in [1.29, 1.82) is 0 Å². The molecule has 2 unspecified atom stereocenters. The molecule has 0 bridgehead atoms. The summed E-state index contributed by atoms with van der Waals surface area (Å²) in [5.74, 6) is -0.539. The number of unbranched alkanes of at least 4 members (excludes halogenated alkanes) is 22. The van der Waals surface area contributed by atoms with E-state index in [0.29, 0.717) is 12.8 Å². The summed E-state index contributed by atoms with van der Waals surface area (Å²) in [4.78, 5) is 34.0. The van der Waals surface area contributed by atoms with Gasteiger partial charge in [-0.2, -0.15) is 0 Å². The number of aliphatic hydroxyl groups is 1. The van der Waals surface area contributed by atoms with Crippen molar-refractivity contribution in [1.82, 2.24) is 5.32 Å². The third-order valence-corrected chi connectivity index (χ3v) is 11.2. The van der Waals surface area contributed by atoms with Crippen LogP contribution in [0, 0.1) is 0 Å². The predicted molar refractivity (Wildman–Crippen MR) is 252 cm³/mol. The standard InChI is InChI=1S/C50H90NO8P/c1-3-5-7-9-11-13-15-17-19-21-23-24-25-27-29-31-33-35-37-39-41-43-50(54)57-46-48(52)47-59-60(55,56)58-45-44-51-49(53)42-40-38-36-34-32-30-28-26-22-20-18-16-14-12-10-8-6-4-2/h11,13,17,19-20,22-24,27,29,48,52H,3-10,12,14-16,18,21,25-26,28,30-47H2,1-2H3,(H,51,53)(H,55,56)/b13-11-,19-17-,22-20-,24-23-,29-27-. The topological polar surface area (TPSA) is 131 Å². The molecule has 0 saturated carbocycles. The van der Waals surface area contributed by atoms with Crippen molar-refractivity contribution in [2.75, 3.05) is 26.4 Å². The number of rotatable bonds is 45. The Morgan fingerprint density at radius 2 is 0.900 bits per heavy atom. The van der Waals surface area contributed by atoms with Crippen LogP contribution in [0.15, 0.2) is 60.8 Å². The molecule has 0 aromatic heterocycles. The van der Waals surface area contributed by atoms with E-state index in [-0.39, 0.29) is 32.1 Å². The van der Waals surface area contributed by atoms with E-state index in [9.17, 15) is 24.2 Å². The molecule has 0 aliphatic heterocycles. The fourth-order valence-electron chi connectivity index (χ4n) is 6.48. The van der Waals surface area contributed by atoms with Gasteiger partial charge in [-0.05, 0) is 83.5 Å². The van der Waals surface area contributed by atoms with Crippen LogP contribution >= 0.6 is 7.82 Å². The Bertz CT molecular complexity index is 1170. The van der Waals surface area contributed by atoms with Crippen LogP contribution in [-0.4, -0.2) is 54.3 Å². The number of esters is 1. The second-order valence-corrected chi connectivity index (χ2v) is 17.5. The minimum absolute atomic E-state index is 0.0752. The molecule has 0 aliphatic rings. The highest BCUT2D eigenvalue weighted by molar-refractivity contribution is 7.47. The van der Waals surface area contributed by atoms with Gasteiger partial charge in [0.2, 0.25) is 5.91 Å². The maximum absolute atomic E-state index is 12.1. The van der Waals surface area contributed by atoms with Gasteiger partial charge in [-0.3, -0.25) is 18.6 Å². The molecule has 0 radical (unpaired) electrons. The lowest BCUT2D eigenvalue weighted by atomic mass is 10.1. The normalized spacial score (nSPS) is 13.7. The Balaban J connectivity index is 3.63. The van der Waals surface area contributed by atoms with E-state index in [0.717, 1.165) is 70.6 Å². The third kappa shape index (κ3) is 46.8. The maximum Gasteiger partial charge on any atom is 0.472 e. The lowest BCUT2D eigenvalue weighted by Crippen LogP contribution is -2.27. The molecule has 0 aliphatic carbocycles. The molecule has 0 aromatic carbocycles. The van der Waals surface area contributed by atoms with Crippen LogP contribution in [0.2, 0.25) is 0 Å². The zero-order valence-corrected chi connectivity index (χ0v) is 39.3. The van der Waals surface area contributed by atoms with E-state index in [1.807, 2.05) is 0 Å². The number of ether oxygens (including phenoxy) is 1. The smallest absolute Gasteiger partial charge is 0.463 e. The molecule has 0 heterocycles. The van der Waals surface area contributed by atoms with Crippen LogP contribution in [0.4, 0.5) is 0 Å². The van der Waals surface area contributed by atoms with Crippen LogP contribution in [-0.2, 0) is 27.9 Å². The van der Waals surface area contributed by atoms with Gasteiger partial charge in [0.25, 0.3) is 0 Å². The van der Waals surface area contributed by atoms with Crippen LogP contribution < -0.4 is 5.32 Å². The van der Waals surface area contributed by atoms with Crippen LogP contribution in [0.3, 0.4) is 0 Å². The number of aliphatic hydroxyl groups excluding tert-OH is 1. The van der Waals surface area contributed by atoms with Gasteiger partial charge in [0.15, 0.2) is 0 Å². The quantitative estimate of drug-likeness (QED) is 0.0239. The minimum Gasteiger partial charge on any atom is -0.463 e. The highest BCUT2D eigenvalue weighted by Crippen LogP contribution is 2.42. The van der Waals surface area contributed by atoms with Crippen LogP contribution in [0.1, 0.15) is 213 Å². The molecule has 9 nitrogen and oxygen atoms in total. The highest BCUT2D eigenvalue weighted by Gasteiger charge is 2.23. The van der Waals surface area contributed by atoms with Crippen LogP contribution in [0.5, 0.6) is 0 Å². The summed E-state index contributed by atoms with van der Waals surface area (Å²) in [6, 6.07) is 0. The predicted octanol–water partition coefficient (Wildman–Crippen LogP) is 14.1. The SMILES string of the molecule is CCCCC/C=C\C/C=C\C/C=C\C/C=C\CCCCCCCC(=O)OCC(O)COP(=O)(O)OCCNC(=O)CCCCCCCCC/C=C\CCCCCCCCC. The second-order valence-electron chi connectivity index (χ2n) is 16.1. The van der Waals surface area contributed by atoms with E-state index < -0.39 is 26.5 Å². The van der Waals surface area contributed by atoms with Gasteiger partial charge in [-0.15, -0.1) is 0 Å². The van der Waals surface area contributed by atoms with Gasteiger partial charge in [-0.25, -0.2) is 4.57 Å². The maximum atomic E-state index is 12.1. The fraction of sp³-hybridized carbons (Fsp3) is 0.760. The first-order valence-corrected chi connectivity index (χ1v) is 25.8. The average molecular weight is 864 g/mol. The first kappa shape index (κ1) is 57.7. The number of nitrogens with one attached hydrogen (secondary N) is 1. The number of amides is 1. The van der Waals surface area contributed by atoms with Gasteiger partial charge in [0, 0.05) is 19.4 Å². The molecule has 1 amide bonds. The minimum atomic E-state index is -4.43. The largest absolute Gasteiger partial charge is 0.472 e. The first-order chi connectivity index (χ1) is 29.3. The molecule has 348 valence electrons. The van der Waals surface area contributed by atoms with Gasteiger partial charge in [0.05, 0.1) is 13.2 Å². The summed E-state index contributed by atoms with van der Waals surface area (Å²) in [5.41, 5.74) is 0. The molecular weight excluding hydrogens is 774 g/mol. The summed E-state index contributed by atoms with van der Waals surface area (Å²) in [7, 11) is -4.43. The summed E-state index contributed by atoms with van der Waals surface area (Å²) < 4.78 is 26.9. The zero-order chi connectivity index (χ0) is 43.9. The Morgan fingerprint density at radius 3 is 1.40 bits per heavy atom. The van der Waals surface area contributed by atoms with E-state index in [1.54, 1.807) is 0 Å². The van der Waals surface area contributed by atoms with E-state index in [1.165, 1.54) is 109 Å². The summed E-state index contributed by atoms with van der Waals surface area (Å²) in [5, 5.41) is 12.7. The number of hydrogen-bond donors (Lipinski definition) is 3. The van der Waals surface area contributed by atoms with Crippen molar-refractivity contribution in [3.63, 3.8) is 0 Å². The molecule has 0 fully saturated rings. The van der Waals surface area contributed by atoms with Crippen LogP contribution in [0.25, 0.3) is 0 Å². The first-order valence-electron chi connectivity index (χ1n) is 24.3. The molecule has 10 heteroatoms. The number of phosphoric acid groups is 1. The lowest BCUT2D eigenvalue weighted by Gasteiger charge is -2.15. The monoisotopic (exact) mass is 864 g/mol. The van der Waals surface area contributed by atoms with E-state index in [2.05, 4.69) is 79.9 Å². The van der Waals surface area contributed by atoms with Crippen molar-refractivity contribution >= 4 is 19.7 Å². The molecule has 0 aromatic rings. The van der Waals surface area contributed by atoms with Crippen molar-refractivity contribution < 1.29 is 37.9 Å². The Kier molecular flexibility index (Phi) is 44.5. The van der Waals surface area contributed by atoms with Crippen molar-refractivity contribution in [3.05, 3.63) is 60.8 Å². The molecule has 60 heavy (non-hydrogen) atoms. The number of allylic oxidation sites excluding steroid dienone is 10. The Morgan fingerprint density at radius 1 is 0.517 bits per heavy atom. The number of phosphoric ester groups is 1. The van der Waals surface area contributed by atoms with Crippen molar-refractivity contribution in [2.24, 2.45) is 0 Å². The average Bonchev–Trinajstić information content (AvgIpc) is 3.23. The van der Waals surface area contributed by atoms with E-state index in [4.69, 9.17) is 13.8 Å². The number of hydrogen-bond acceptors (Lipinski definition) is 7. The number of carbonyl (C=O) groups is 2. The van der Waals surface area contributed by atoms with Gasteiger partial charge >= 0.3 is 13.8 Å². The zero-order valence-electron chi connectivity index (χ0n) is 38.4. The van der Waals surface area contributed by atoms with Gasteiger partial charge < -0.3 is 20.1 Å². The Hall–Kier alpha value is -2.29. The summed E-state index contributed by atoms with van der Waals surface area (Å²) >= 11 is 0. The molecule has 2 atom stereocenters. The van der Waals surface area contributed by atoms with Gasteiger partial charge in [0.1, 0.15) is 12.7 Å². The molecular formula is C50H90NO8P. The highest BCUT2D eigenvalue weighted by atomic mass is 31.2. The molecule has 0 spiro atoms.